The monoisotopic (exact) mass is 303 g/mol. The van der Waals surface area contributed by atoms with Crippen molar-refractivity contribution in [3.05, 3.63) is 0 Å². The molecule has 1 aliphatic heterocycles. The molecule has 2 spiro atoms. The van der Waals surface area contributed by atoms with Gasteiger partial charge in [0.05, 0.1) is 5.92 Å². The number of fused-ring (bicyclic) bond motifs is 5. The van der Waals surface area contributed by atoms with E-state index in [0.717, 1.165) is 12.5 Å². The first kappa shape index (κ1) is 13.8. The summed E-state index contributed by atoms with van der Waals surface area (Å²) in [5, 5.41) is 0. The molecule has 22 heavy (non-hydrogen) atoms. The third-order valence-electron chi connectivity index (χ3n) is 8.05. The Kier molecular flexibility index (Phi) is 2.69. The maximum Gasteiger partial charge on any atom is 0.310 e. The molecular formula is C19H29NO2. The summed E-state index contributed by atoms with van der Waals surface area (Å²) < 4.78 is 6.10. The highest BCUT2D eigenvalue weighted by atomic mass is 16.6. The minimum atomic E-state index is 0.108. The fourth-order valence-electron chi connectivity index (χ4n) is 6.67. The van der Waals surface area contributed by atoms with E-state index in [1.807, 2.05) is 0 Å². The van der Waals surface area contributed by atoms with E-state index in [9.17, 15) is 4.79 Å². The Hall–Kier alpha value is -0.570. The minimum Gasteiger partial charge on any atom is -0.461 e. The lowest BCUT2D eigenvalue weighted by molar-refractivity contribution is -0.147. The standard InChI is InChI=1S/C19H29NO2/c1-20(2)11-13-12-3-5-18(7-8-18)14-4-6-19(9-10-19)15(14)16(12)22-17(13)21/h12-16H,3-11H2,1-2H3/t12-,13?,14+,15-,16-/m0/s1. The van der Waals surface area contributed by atoms with Crippen LogP contribution in [0.4, 0.5) is 0 Å². The summed E-state index contributed by atoms with van der Waals surface area (Å²) in [5.74, 6) is 2.32. The Morgan fingerprint density at radius 3 is 2.36 bits per heavy atom. The molecule has 0 amide bonds. The number of carbonyl (C=O) groups excluding carboxylic acids is 1. The molecule has 1 unspecified atom stereocenters. The van der Waals surface area contributed by atoms with Gasteiger partial charge in [-0.15, -0.1) is 0 Å². The number of carbonyl (C=O) groups is 1. The largest absolute Gasteiger partial charge is 0.461 e. The number of hydrogen-bond acceptors (Lipinski definition) is 3. The van der Waals surface area contributed by atoms with E-state index in [2.05, 4.69) is 19.0 Å². The second kappa shape index (κ2) is 4.28. The minimum absolute atomic E-state index is 0.108. The van der Waals surface area contributed by atoms with Crippen LogP contribution in [0.5, 0.6) is 0 Å². The number of rotatable bonds is 2. The van der Waals surface area contributed by atoms with E-state index in [-0.39, 0.29) is 18.0 Å². The molecule has 5 atom stereocenters. The first-order chi connectivity index (χ1) is 10.5. The van der Waals surface area contributed by atoms with Crippen LogP contribution in [0.15, 0.2) is 0 Å². The van der Waals surface area contributed by atoms with Gasteiger partial charge in [-0.2, -0.15) is 0 Å². The molecule has 1 saturated heterocycles. The van der Waals surface area contributed by atoms with Crippen LogP contribution in [0.2, 0.25) is 0 Å². The molecule has 4 aliphatic carbocycles. The molecule has 0 bridgehead atoms. The lowest BCUT2D eigenvalue weighted by atomic mass is 9.73. The van der Waals surface area contributed by atoms with Gasteiger partial charge in [0.1, 0.15) is 6.10 Å². The third-order valence-corrected chi connectivity index (χ3v) is 8.05. The SMILES string of the molecule is CN(C)CC1C(=O)O[C@@H]2[C@@H]3[C@@H](CCC34CC4)C3(CC[C@@H]12)CC3. The summed E-state index contributed by atoms with van der Waals surface area (Å²) in [4.78, 5) is 14.7. The molecule has 122 valence electrons. The van der Waals surface area contributed by atoms with Gasteiger partial charge in [-0.3, -0.25) is 4.79 Å². The van der Waals surface area contributed by atoms with E-state index in [4.69, 9.17) is 4.74 Å². The van der Waals surface area contributed by atoms with Gasteiger partial charge in [-0.1, -0.05) is 0 Å². The normalized spacial score (nSPS) is 46.5. The number of ether oxygens (including phenoxy) is 1. The predicted octanol–water partition coefficient (Wildman–Crippen LogP) is 3.09. The molecule has 0 aromatic heterocycles. The van der Waals surface area contributed by atoms with Gasteiger partial charge in [0.15, 0.2) is 0 Å². The van der Waals surface area contributed by atoms with Gasteiger partial charge in [-0.25, -0.2) is 0 Å². The lowest BCUT2D eigenvalue weighted by Gasteiger charge is -2.33. The van der Waals surface area contributed by atoms with Crippen LogP contribution in [0.25, 0.3) is 0 Å². The molecule has 3 heteroatoms. The average molecular weight is 303 g/mol. The van der Waals surface area contributed by atoms with Crippen LogP contribution >= 0.6 is 0 Å². The van der Waals surface area contributed by atoms with Crippen molar-refractivity contribution in [2.75, 3.05) is 20.6 Å². The van der Waals surface area contributed by atoms with Crippen molar-refractivity contribution < 1.29 is 9.53 Å². The number of nitrogens with zero attached hydrogens (tertiary/aromatic N) is 1. The topological polar surface area (TPSA) is 29.5 Å². The zero-order valence-electron chi connectivity index (χ0n) is 14.0. The Balaban J connectivity index is 1.50. The highest BCUT2D eigenvalue weighted by Gasteiger charge is 2.69. The molecule has 0 N–H and O–H groups in total. The molecule has 5 rings (SSSR count). The summed E-state index contributed by atoms with van der Waals surface area (Å²) in [7, 11) is 4.17. The van der Waals surface area contributed by atoms with E-state index in [0.29, 0.717) is 22.7 Å². The molecule has 0 radical (unpaired) electrons. The molecule has 5 aliphatic rings. The smallest absolute Gasteiger partial charge is 0.310 e. The molecule has 4 saturated carbocycles. The Morgan fingerprint density at radius 2 is 1.73 bits per heavy atom. The van der Waals surface area contributed by atoms with Crippen molar-refractivity contribution in [2.45, 2.75) is 57.5 Å². The summed E-state index contributed by atoms with van der Waals surface area (Å²) in [6.07, 6.45) is 11.4. The van der Waals surface area contributed by atoms with E-state index in [1.165, 1.54) is 51.4 Å². The van der Waals surface area contributed by atoms with Crippen LogP contribution in [-0.2, 0) is 9.53 Å². The van der Waals surface area contributed by atoms with Gasteiger partial charge in [0.25, 0.3) is 0 Å². The van der Waals surface area contributed by atoms with E-state index >= 15 is 0 Å². The van der Waals surface area contributed by atoms with Crippen LogP contribution in [-0.4, -0.2) is 37.6 Å². The van der Waals surface area contributed by atoms with Crippen LogP contribution in [0.1, 0.15) is 51.4 Å². The molecule has 0 aromatic carbocycles. The van der Waals surface area contributed by atoms with Crippen molar-refractivity contribution in [2.24, 2.45) is 34.5 Å². The van der Waals surface area contributed by atoms with Gasteiger partial charge < -0.3 is 9.64 Å². The highest BCUT2D eigenvalue weighted by molar-refractivity contribution is 5.75. The molecular weight excluding hydrogens is 274 g/mol. The van der Waals surface area contributed by atoms with E-state index < -0.39 is 0 Å². The Labute approximate surface area is 133 Å². The highest BCUT2D eigenvalue weighted by Crippen LogP contribution is 2.74. The van der Waals surface area contributed by atoms with Crippen molar-refractivity contribution >= 4 is 5.97 Å². The Morgan fingerprint density at radius 1 is 1.05 bits per heavy atom. The molecule has 3 nitrogen and oxygen atoms in total. The maximum absolute atomic E-state index is 12.5. The maximum atomic E-state index is 12.5. The average Bonchev–Trinajstić information content (AvgIpc) is 3.34. The first-order valence-corrected chi connectivity index (χ1v) is 9.40. The lowest BCUT2D eigenvalue weighted by Crippen LogP contribution is -2.36. The number of esters is 1. The fourth-order valence-corrected chi connectivity index (χ4v) is 6.67. The third kappa shape index (κ3) is 1.75. The van der Waals surface area contributed by atoms with Gasteiger partial charge in [-0.05, 0) is 82.2 Å². The zero-order chi connectivity index (χ0) is 15.1. The summed E-state index contributed by atoms with van der Waals surface area (Å²) in [6.45, 7) is 0.872. The van der Waals surface area contributed by atoms with Crippen LogP contribution in [0, 0.1) is 34.5 Å². The number of hydrogen-bond donors (Lipinski definition) is 0. The quantitative estimate of drug-likeness (QED) is 0.734. The summed E-state index contributed by atoms with van der Waals surface area (Å²) >= 11 is 0. The van der Waals surface area contributed by atoms with Crippen LogP contribution in [0.3, 0.4) is 0 Å². The van der Waals surface area contributed by atoms with E-state index in [1.54, 1.807) is 0 Å². The van der Waals surface area contributed by atoms with Crippen molar-refractivity contribution in [3.8, 4) is 0 Å². The first-order valence-electron chi connectivity index (χ1n) is 9.40. The molecule has 5 fully saturated rings. The van der Waals surface area contributed by atoms with Gasteiger partial charge >= 0.3 is 5.97 Å². The zero-order valence-corrected chi connectivity index (χ0v) is 14.0. The van der Waals surface area contributed by atoms with Crippen molar-refractivity contribution in [3.63, 3.8) is 0 Å². The molecule has 1 heterocycles. The summed E-state index contributed by atoms with van der Waals surface area (Å²) in [5.41, 5.74) is 1.25. The Bertz CT molecular complexity index is 506. The van der Waals surface area contributed by atoms with Crippen molar-refractivity contribution in [1.82, 2.24) is 4.90 Å². The van der Waals surface area contributed by atoms with Crippen LogP contribution < -0.4 is 0 Å². The van der Waals surface area contributed by atoms with Gasteiger partial charge in [0, 0.05) is 18.4 Å². The fraction of sp³-hybridized carbons (Fsp3) is 0.947. The second-order valence-electron chi connectivity index (χ2n) is 9.37. The summed E-state index contributed by atoms with van der Waals surface area (Å²) in [6, 6.07) is 0. The predicted molar refractivity (Wildman–Crippen MR) is 84.2 cm³/mol. The molecule has 0 aromatic rings. The second-order valence-corrected chi connectivity index (χ2v) is 9.37. The van der Waals surface area contributed by atoms with Crippen molar-refractivity contribution in [1.29, 1.82) is 0 Å². The van der Waals surface area contributed by atoms with Gasteiger partial charge in [0.2, 0.25) is 0 Å².